The van der Waals surface area contributed by atoms with E-state index < -0.39 is 11.6 Å². The SMILES string of the molecule is C=CC/C(=C\C=C/C)NC1=CCC/C(CC(C)N=C(/C(=C(/C=NC=C)OC)C(C)N)N2CCN(C(=O)OC(C)(C)C)CC2)=C\C=N1. The number of ether oxygens (including phenoxy) is 2. The van der Waals surface area contributed by atoms with Gasteiger partial charge in [0, 0.05) is 56.8 Å². The number of rotatable bonds is 13. The largest absolute Gasteiger partial charge is 0.495 e. The lowest BCUT2D eigenvalue weighted by Gasteiger charge is -2.38. The summed E-state index contributed by atoms with van der Waals surface area (Å²) in [6, 6.07) is -0.455. The van der Waals surface area contributed by atoms with Gasteiger partial charge < -0.3 is 30.3 Å². The van der Waals surface area contributed by atoms with Crippen molar-refractivity contribution >= 4 is 24.4 Å². The van der Waals surface area contributed by atoms with Crippen LogP contribution in [0, 0.1) is 0 Å². The molecule has 1 fully saturated rings. The number of amides is 1. The molecule has 2 rings (SSSR count). The third kappa shape index (κ3) is 13.0. The Kier molecular flexibility index (Phi) is 16.0. The van der Waals surface area contributed by atoms with Crippen LogP contribution in [0.5, 0.6) is 0 Å². The first-order valence-electron chi connectivity index (χ1n) is 16.0. The maximum absolute atomic E-state index is 12.7. The topological polar surface area (TPSA) is 117 Å². The minimum absolute atomic E-state index is 0.0642. The monoisotopic (exact) mass is 633 g/mol. The Labute approximate surface area is 276 Å². The molecule has 46 heavy (non-hydrogen) atoms. The van der Waals surface area contributed by atoms with Crippen LogP contribution in [-0.4, -0.2) is 85.1 Å². The molecule has 0 aromatic rings. The number of hydrogen-bond donors (Lipinski definition) is 2. The van der Waals surface area contributed by atoms with Crippen LogP contribution in [0.3, 0.4) is 0 Å². The van der Waals surface area contributed by atoms with Gasteiger partial charge in [-0.15, -0.1) is 6.58 Å². The average molecular weight is 634 g/mol. The van der Waals surface area contributed by atoms with Gasteiger partial charge in [0.1, 0.15) is 23.0 Å². The van der Waals surface area contributed by atoms with Crippen molar-refractivity contribution < 1.29 is 14.3 Å². The summed E-state index contributed by atoms with van der Waals surface area (Å²) in [5.41, 5.74) is 9.04. The number of nitrogens with two attached hydrogens (primary N) is 1. The van der Waals surface area contributed by atoms with Crippen LogP contribution >= 0.6 is 0 Å². The maximum atomic E-state index is 12.7. The van der Waals surface area contributed by atoms with E-state index in [9.17, 15) is 4.79 Å². The number of nitrogens with zero attached hydrogens (tertiary/aromatic N) is 5. The van der Waals surface area contributed by atoms with Crippen molar-refractivity contribution in [3.63, 3.8) is 0 Å². The number of aliphatic imine (C=N–C) groups is 3. The van der Waals surface area contributed by atoms with E-state index in [4.69, 9.17) is 20.2 Å². The summed E-state index contributed by atoms with van der Waals surface area (Å²) in [6.45, 7) is 21.3. The Morgan fingerprint density at radius 1 is 1.20 bits per heavy atom. The zero-order valence-electron chi connectivity index (χ0n) is 29.0. The van der Waals surface area contributed by atoms with E-state index in [-0.39, 0.29) is 12.1 Å². The molecule has 2 atom stereocenters. The third-order valence-corrected chi connectivity index (χ3v) is 7.08. The van der Waals surface area contributed by atoms with Gasteiger partial charge in [-0.3, -0.25) is 9.98 Å². The van der Waals surface area contributed by atoms with Crippen molar-refractivity contribution in [3.8, 4) is 0 Å². The van der Waals surface area contributed by atoms with Gasteiger partial charge in [-0.1, -0.05) is 30.4 Å². The van der Waals surface area contributed by atoms with Crippen molar-refractivity contribution in [2.24, 2.45) is 20.7 Å². The van der Waals surface area contributed by atoms with Gasteiger partial charge in [-0.25, -0.2) is 9.79 Å². The highest BCUT2D eigenvalue weighted by Gasteiger charge is 2.30. The Hall–Kier alpha value is -4.18. The molecule has 2 aliphatic heterocycles. The molecule has 10 heteroatoms. The normalized spacial score (nSPS) is 19.8. The number of amidine groups is 1. The molecule has 0 aromatic heterocycles. The van der Waals surface area contributed by atoms with Crippen LogP contribution in [0.15, 0.2) is 99.2 Å². The van der Waals surface area contributed by atoms with Crippen LogP contribution < -0.4 is 11.1 Å². The Balaban J connectivity index is 2.34. The van der Waals surface area contributed by atoms with Crippen molar-refractivity contribution in [1.82, 2.24) is 15.1 Å². The molecule has 0 saturated carbocycles. The summed E-state index contributed by atoms with van der Waals surface area (Å²) in [6.07, 6.45) is 19.9. The number of carbonyl (C=O) groups is 1. The zero-order valence-corrected chi connectivity index (χ0v) is 29.0. The lowest BCUT2D eigenvalue weighted by atomic mass is 10.0. The van der Waals surface area contributed by atoms with Crippen LogP contribution in [0.2, 0.25) is 0 Å². The highest BCUT2D eigenvalue weighted by atomic mass is 16.6. The maximum Gasteiger partial charge on any atom is 0.410 e. The molecule has 1 saturated heterocycles. The molecule has 10 nitrogen and oxygen atoms in total. The molecule has 1 amide bonds. The van der Waals surface area contributed by atoms with Gasteiger partial charge in [0.2, 0.25) is 0 Å². The smallest absolute Gasteiger partial charge is 0.410 e. The molecule has 0 spiro atoms. The summed E-state index contributed by atoms with van der Waals surface area (Å²) < 4.78 is 11.4. The molecule has 3 N–H and O–H groups in total. The quantitative estimate of drug-likeness (QED) is 0.0793. The summed E-state index contributed by atoms with van der Waals surface area (Å²) in [7, 11) is 1.60. The molecule has 2 aliphatic rings. The highest BCUT2D eigenvalue weighted by molar-refractivity contribution is 6.04. The number of hydrogen-bond acceptors (Lipinski definition) is 8. The van der Waals surface area contributed by atoms with E-state index in [0.717, 1.165) is 48.6 Å². The van der Waals surface area contributed by atoms with Gasteiger partial charge in [-0.05, 0) is 79.0 Å². The molecule has 0 radical (unpaired) electrons. The first-order chi connectivity index (χ1) is 21.9. The molecular formula is C36H55N7O3. The predicted molar refractivity (Wildman–Crippen MR) is 192 cm³/mol. The minimum atomic E-state index is -0.555. The summed E-state index contributed by atoms with van der Waals surface area (Å²) in [4.78, 5) is 30.8. The fraction of sp³-hybridized carbons (Fsp3) is 0.500. The Bertz CT molecular complexity index is 1280. The second-order valence-electron chi connectivity index (χ2n) is 12.3. The van der Waals surface area contributed by atoms with E-state index in [2.05, 4.69) is 52.4 Å². The molecule has 252 valence electrons. The summed E-state index contributed by atoms with van der Waals surface area (Å²) in [5.74, 6) is 2.09. The van der Waals surface area contributed by atoms with Crippen molar-refractivity contribution in [1.29, 1.82) is 0 Å². The number of allylic oxidation sites excluding steroid dienone is 7. The van der Waals surface area contributed by atoms with E-state index in [1.54, 1.807) is 18.2 Å². The second-order valence-corrected chi connectivity index (χ2v) is 12.3. The summed E-state index contributed by atoms with van der Waals surface area (Å²) in [5, 5.41) is 3.42. The number of methoxy groups -OCH3 is 1. The van der Waals surface area contributed by atoms with Crippen molar-refractivity contribution in [2.45, 2.75) is 84.9 Å². The standard InChI is InChI=1S/C36H55N7O3/c1-10-13-17-30(15-11-2)41-32-18-14-16-29(19-20-39-32)25-27(4)40-34(33(28(5)37)31(45-9)26-38-12-3)42-21-23-43(24-22-42)35(44)46-36(6,7)8/h10-13,17-20,26-28,41H,2-3,14-16,21-25,37H2,1,4-9H3/b13-10-,29-19+,30-17+,32-18?,33-31-,38-26?,39-20?,40-34?. The van der Waals surface area contributed by atoms with Gasteiger partial charge >= 0.3 is 6.09 Å². The van der Waals surface area contributed by atoms with Gasteiger partial charge in [-0.2, -0.15) is 0 Å². The molecule has 2 heterocycles. The first kappa shape index (κ1) is 38.0. The summed E-state index contributed by atoms with van der Waals surface area (Å²) >= 11 is 0. The average Bonchev–Trinajstić information content (AvgIpc) is 2.98. The fourth-order valence-electron chi connectivity index (χ4n) is 4.97. The van der Waals surface area contributed by atoms with Gasteiger partial charge in [0.05, 0.1) is 24.9 Å². The molecule has 0 aromatic carbocycles. The van der Waals surface area contributed by atoms with Gasteiger partial charge in [0.15, 0.2) is 0 Å². The second kappa shape index (κ2) is 19.4. The molecular weight excluding hydrogens is 578 g/mol. The zero-order chi connectivity index (χ0) is 34.1. The van der Waals surface area contributed by atoms with Crippen LogP contribution in [0.4, 0.5) is 4.79 Å². The van der Waals surface area contributed by atoms with Crippen LogP contribution in [0.25, 0.3) is 0 Å². The lowest BCUT2D eigenvalue weighted by molar-refractivity contribution is 0.0186. The third-order valence-electron chi connectivity index (χ3n) is 7.08. The van der Waals surface area contributed by atoms with Crippen LogP contribution in [0.1, 0.15) is 67.2 Å². The fourth-order valence-corrected chi connectivity index (χ4v) is 4.97. The van der Waals surface area contributed by atoms with Gasteiger partial charge in [0.25, 0.3) is 0 Å². The van der Waals surface area contributed by atoms with Crippen molar-refractivity contribution in [2.75, 3.05) is 33.3 Å². The first-order valence-corrected chi connectivity index (χ1v) is 16.0. The van der Waals surface area contributed by atoms with E-state index >= 15 is 0 Å². The van der Waals surface area contributed by atoms with E-state index in [0.29, 0.717) is 31.9 Å². The van der Waals surface area contributed by atoms with Crippen molar-refractivity contribution in [3.05, 3.63) is 84.2 Å². The predicted octanol–water partition coefficient (Wildman–Crippen LogP) is 6.44. The number of carbonyl (C=O) groups excluding carboxylic acids is 1. The van der Waals surface area contributed by atoms with E-state index in [1.165, 1.54) is 11.8 Å². The van der Waals surface area contributed by atoms with E-state index in [1.807, 2.05) is 65.1 Å². The Morgan fingerprint density at radius 3 is 2.48 bits per heavy atom. The molecule has 0 aliphatic carbocycles. The number of nitrogens with one attached hydrogen (secondary N) is 1. The minimum Gasteiger partial charge on any atom is -0.495 e. The molecule has 0 bridgehead atoms. The molecule has 2 unspecified atom stereocenters. The number of piperazine rings is 1. The Morgan fingerprint density at radius 2 is 1.89 bits per heavy atom. The van der Waals surface area contributed by atoms with Crippen LogP contribution in [-0.2, 0) is 9.47 Å². The lowest BCUT2D eigenvalue weighted by Crippen LogP contribution is -2.53. The highest BCUT2D eigenvalue weighted by Crippen LogP contribution is 2.22.